The van der Waals surface area contributed by atoms with Crippen LogP contribution in [0, 0.1) is 17.2 Å². The second-order valence-electron chi connectivity index (χ2n) is 2.93. The molecule has 0 aromatic rings. The normalized spacial score (nSPS) is 21.1. The van der Waals surface area contributed by atoms with Gasteiger partial charge in [-0.1, -0.05) is 13.8 Å². The number of hydrogen-bond donors (Lipinski definition) is 0. The smallest absolute Gasteiger partial charge is 0.219 e. The Kier molecular flexibility index (Phi) is 5.96. The Morgan fingerprint density at radius 2 is 2.15 bits per heavy atom. The Bertz CT molecular complexity index is 196. The van der Waals surface area contributed by atoms with Gasteiger partial charge in [-0.15, -0.1) is 0 Å². The first kappa shape index (κ1) is 12.0. The molecule has 0 aromatic heterocycles. The third-order valence-electron chi connectivity index (χ3n) is 2.05. The molecule has 1 rings (SSSR count). The summed E-state index contributed by atoms with van der Waals surface area (Å²) in [4.78, 5) is 12.6. The van der Waals surface area contributed by atoms with Crippen molar-refractivity contribution in [2.75, 3.05) is 13.1 Å². The van der Waals surface area contributed by atoms with E-state index in [9.17, 15) is 4.79 Å². The van der Waals surface area contributed by atoms with Crippen LogP contribution in [-0.2, 0) is 4.79 Å². The van der Waals surface area contributed by atoms with Crippen LogP contribution >= 0.6 is 0 Å². The molecule has 74 valence electrons. The Hall–Kier alpha value is -1.04. The molecule has 3 nitrogen and oxygen atoms in total. The molecule has 1 aliphatic heterocycles. The van der Waals surface area contributed by atoms with Crippen molar-refractivity contribution in [2.24, 2.45) is 5.92 Å². The minimum Gasteiger partial charge on any atom is -0.342 e. The van der Waals surface area contributed by atoms with Crippen molar-refractivity contribution < 1.29 is 4.79 Å². The van der Waals surface area contributed by atoms with E-state index in [1.807, 2.05) is 13.8 Å². The van der Waals surface area contributed by atoms with Crippen LogP contribution in [0.25, 0.3) is 0 Å². The van der Waals surface area contributed by atoms with E-state index in [4.69, 9.17) is 5.26 Å². The molecule has 0 bridgehead atoms. The first-order valence-corrected chi connectivity index (χ1v) is 4.89. The SMILES string of the molecule is CC.CC(=O)N1CCCC(C#N)C1. The summed E-state index contributed by atoms with van der Waals surface area (Å²) in [5.41, 5.74) is 0. The predicted octanol–water partition coefficient (Wildman–Crippen LogP) is 1.79. The fourth-order valence-corrected chi connectivity index (χ4v) is 1.37. The highest BCUT2D eigenvalue weighted by atomic mass is 16.2. The molecule has 0 aliphatic carbocycles. The number of nitriles is 1. The quantitative estimate of drug-likeness (QED) is 0.573. The highest BCUT2D eigenvalue weighted by Gasteiger charge is 2.20. The highest BCUT2D eigenvalue weighted by molar-refractivity contribution is 5.73. The third kappa shape index (κ3) is 3.93. The monoisotopic (exact) mass is 182 g/mol. The van der Waals surface area contributed by atoms with Gasteiger partial charge in [-0.25, -0.2) is 0 Å². The molecule has 0 aromatic carbocycles. The van der Waals surface area contributed by atoms with Gasteiger partial charge >= 0.3 is 0 Å². The van der Waals surface area contributed by atoms with Crippen molar-refractivity contribution in [3.63, 3.8) is 0 Å². The van der Waals surface area contributed by atoms with Gasteiger partial charge in [-0.2, -0.15) is 5.26 Å². The number of piperidine rings is 1. The lowest BCUT2D eigenvalue weighted by molar-refractivity contribution is -0.130. The van der Waals surface area contributed by atoms with Crippen LogP contribution in [0.2, 0.25) is 0 Å². The van der Waals surface area contributed by atoms with E-state index < -0.39 is 0 Å². The van der Waals surface area contributed by atoms with Crippen molar-refractivity contribution in [1.82, 2.24) is 4.90 Å². The van der Waals surface area contributed by atoms with Gasteiger partial charge in [0.1, 0.15) is 0 Å². The Morgan fingerprint density at radius 3 is 2.62 bits per heavy atom. The van der Waals surface area contributed by atoms with Crippen molar-refractivity contribution in [1.29, 1.82) is 5.26 Å². The van der Waals surface area contributed by atoms with Crippen LogP contribution in [0.15, 0.2) is 0 Å². The molecule has 1 heterocycles. The van der Waals surface area contributed by atoms with Crippen molar-refractivity contribution in [2.45, 2.75) is 33.6 Å². The fourth-order valence-electron chi connectivity index (χ4n) is 1.37. The van der Waals surface area contributed by atoms with E-state index in [2.05, 4.69) is 6.07 Å². The standard InChI is InChI=1S/C8H12N2O.C2H6/c1-7(11)10-4-2-3-8(5-9)6-10;1-2/h8H,2-4,6H2,1H3;1-2H3. The van der Waals surface area contributed by atoms with E-state index >= 15 is 0 Å². The first-order valence-electron chi connectivity index (χ1n) is 4.89. The van der Waals surface area contributed by atoms with Crippen LogP contribution in [0.5, 0.6) is 0 Å². The van der Waals surface area contributed by atoms with E-state index in [0.29, 0.717) is 6.54 Å². The lowest BCUT2D eigenvalue weighted by Gasteiger charge is -2.28. The van der Waals surface area contributed by atoms with Crippen molar-refractivity contribution in [3.05, 3.63) is 0 Å². The zero-order valence-electron chi connectivity index (χ0n) is 8.71. The maximum Gasteiger partial charge on any atom is 0.219 e. The summed E-state index contributed by atoms with van der Waals surface area (Å²) in [5.74, 6) is 0.151. The molecule has 1 saturated heterocycles. The van der Waals surface area contributed by atoms with Crippen LogP contribution in [0.4, 0.5) is 0 Å². The summed E-state index contributed by atoms with van der Waals surface area (Å²) in [5, 5.41) is 8.60. The van der Waals surface area contributed by atoms with Crippen molar-refractivity contribution >= 4 is 5.91 Å². The molecular formula is C10H18N2O. The minimum atomic E-state index is 0.0626. The maximum atomic E-state index is 10.9. The number of nitrogens with zero attached hydrogens (tertiary/aromatic N) is 2. The number of carbonyl (C=O) groups excluding carboxylic acids is 1. The summed E-state index contributed by atoms with van der Waals surface area (Å²) >= 11 is 0. The van der Waals surface area contributed by atoms with E-state index in [1.165, 1.54) is 0 Å². The molecule has 0 N–H and O–H groups in total. The molecule has 1 atom stereocenters. The number of hydrogen-bond acceptors (Lipinski definition) is 2. The third-order valence-corrected chi connectivity index (χ3v) is 2.05. The van der Waals surface area contributed by atoms with E-state index in [0.717, 1.165) is 19.4 Å². The van der Waals surface area contributed by atoms with Gasteiger partial charge in [0.05, 0.1) is 12.0 Å². The summed E-state index contributed by atoms with van der Waals surface area (Å²) in [6.45, 7) is 7.01. The average Bonchev–Trinajstić information content (AvgIpc) is 2.21. The van der Waals surface area contributed by atoms with Gasteiger partial charge in [-0.3, -0.25) is 4.79 Å². The molecule has 0 spiro atoms. The molecule has 1 amide bonds. The van der Waals surface area contributed by atoms with Crippen LogP contribution in [-0.4, -0.2) is 23.9 Å². The van der Waals surface area contributed by atoms with Crippen molar-refractivity contribution in [3.8, 4) is 6.07 Å². The number of carbonyl (C=O) groups is 1. The molecule has 0 saturated carbocycles. The van der Waals surface area contributed by atoms with Crippen LogP contribution in [0.1, 0.15) is 33.6 Å². The maximum absolute atomic E-state index is 10.9. The Labute approximate surface area is 80.3 Å². The molecule has 1 unspecified atom stereocenters. The second kappa shape index (κ2) is 6.47. The summed E-state index contributed by atoms with van der Waals surface area (Å²) in [7, 11) is 0. The van der Waals surface area contributed by atoms with Gasteiger partial charge in [0.15, 0.2) is 0 Å². The predicted molar refractivity (Wildman–Crippen MR) is 51.9 cm³/mol. The number of rotatable bonds is 0. The minimum absolute atomic E-state index is 0.0626. The number of likely N-dealkylation sites (tertiary alicyclic amines) is 1. The van der Waals surface area contributed by atoms with Gasteiger partial charge in [-0.05, 0) is 12.8 Å². The summed E-state index contributed by atoms with van der Waals surface area (Å²) < 4.78 is 0. The van der Waals surface area contributed by atoms with Crippen LogP contribution < -0.4 is 0 Å². The van der Waals surface area contributed by atoms with Crippen LogP contribution in [0.3, 0.4) is 0 Å². The Balaban J connectivity index is 0.000000671. The highest BCUT2D eigenvalue weighted by Crippen LogP contribution is 2.14. The lowest BCUT2D eigenvalue weighted by atomic mass is 10.00. The molecular weight excluding hydrogens is 164 g/mol. The molecule has 13 heavy (non-hydrogen) atoms. The number of amides is 1. The van der Waals surface area contributed by atoms with E-state index in [1.54, 1.807) is 11.8 Å². The largest absolute Gasteiger partial charge is 0.342 e. The molecule has 0 radical (unpaired) electrons. The molecule has 1 fully saturated rings. The second-order valence-corrected chi connectivity index (χ2v) is 2.93. The van der Waals surface area contributed by atoms with E-state index in [-0.39, 0.29) is 11.8 Å². The summed E-state index contributed by atoms with van der Waals surface area (Å²) in [6, 6.07) is 2.19. The average molecular weight is 182 g/mol. The van der Waals surface area contributed by atoms with Gasteiger partial charge < -0.3 is 4.90 Å². The zero-order valence-corrected chi connectivity index (χ0v) is 8.71. The Morgan fingerprint density at radius 1 is 1.54 bits per heavy atom. The lowest BCUT2D eigenvalue weighted by Crippen LogP contribution is -2.37. The van der Waals surface area contributed by atoms with Gasteiger partial charge in [0.2, 0.25) is 5.91 Å². The molecule has 3 heteroatoms. The fraction of sp³-hybridized carbons (Fsp3) is 0.800. The topological polar surface area (TPSA) is 44.1 Å². The van der Waals surface area contributed by atoms with Gasteiger partial charge in [0, 0.05) is 20.0 Å². The molecule has 1 aliphatic rings. The first-order chi connectivity index (χ1) is 6.24. The zero-order chi connectivity index (χ0) is 10.3. The van der Waals surface area contributed by atoms with Gasteiger partial charge in [0.25, 0.3) is 0 Å². The summed E-state index contributed by atoms with van der Waals surface area (Å²) in [6.07, 6.45) is 1.91.